The maximum absolute atomic E-state index is 13.0. The monoisotopic (exact) mass is 462 g/mol. The van der Waals surface area contributed by atoms with E-state index in [1.54, 1.807) is 12.4 Å². The highest BCUT2D eigenvalue weighted by molar-refractivity contribution is 14.1. The third kappa shape index (κ3) is 4.50. The second-order valence-electron chi connectivity index (χ2n) is 5.69. The molecule has 2 rings (SSSR count). The van der Waals surface area contributed by atoms with Crippen molar-refractivity contribution in [3.05, 3.63) is 45.3 Å². The van der Waals surface area contributed by atoms with E-state index in [4.69, 9.17) is 5.26 Å². The van der Waals surface area contributed by atoms with Crippen LogP contribution in [0.3, 0.4) is 0 Å². The van der Waals surface area contributed by atoms with E-state index in [0.717, 1.165) is 15.7 Å². The fourth-order valence-electron chi connectivity index (χ4n) is 2.37. The van der Waals surface area contributed by atoms with E-state index in [-0.39, 0.29) is 11.6 Å². The Bertz CT molecular complexity index is 824. The summed E-state index contributed by atoms with van der Waals surface area (Å²) in [5.74, 6) is -0.608. The SMILES string of the molecule is CC(C)C(C(=O)Nc1ccc(C#N)c(C(F)(F)F)c1)n1cc(I)cn1. The molecule has 25 heavy (non-hydrogen) atoms. The van der Waals surface area contributed by atoms with Gasteiger partial charge in [0.25, 0.3) is 0 Å². The molecule has 5 nitrogen and oxygen atoms in total. The normalized spacial score (nSPS) is 12.7. The molecule has 0 radical (unpaired) electrons. The van der Waals surface area contributed by atoms with Gasteiger partial charge in [-0.15, -0.1) is 0 Å². The fraction of sp³-hybridized carbons (Fsp3) is 0.312. The van der Waals surface area contributed by atoms with Crippen molar-refractivity contribution in [2.75, 3.05) is 5.32 Å². The average Bonchev–Trinajstić information content (AvgIpc) is 2.92. The van der Waals surface area contributed by atoms with Gasteiger partial charge in [0.05, 0.1) is 27.0 Å². The number of carbonyl (C=O) groups is 1. The Morgan fingerprint density at radius 2 is 2.08 bits per heavy atom. The minimum absolute atomic E-state index is 0.0242. The number of halogens is 4. The van der Waals surface area contributed by atoms with Gasteiger partial charge in [0, 0.05) is 11.9 Å². The van der Waals surface area contributed by atoms with E-state index in [1.165, 1.54) is 16.8 Å². The standard InChI is InChI=1S/C16H14F3IN4O/c1-9(2)14(24-8-11(20)7-22-24)15(25)23-12-4-3-10(6-21)13(5-12)16(17,18)19/h3-5,7-9,14H,1-2H3,(H,23,25). The van der Waals surface area contributed by atoms with Crippen molar-refractivity contribution in [1.82, 2.24) is 9.78 Å². The zero-order chi connectivity index (χ0) is 18.8. The van der Waals surface area contributed by atoms with Gasteiger partial charge in [0.2, 0.25) is 5.91 Å². The van der Waals surface area contributed by atoms with Crippen molar-refractivity contribution < 1.29 is 18.0 Å². The summed E-state index contributed by atoms with van der Waals surface area (Å²) in [4.78, 5) is 12.6. The first-order valence-corrected chi connectivity index (χ1v) is 8.33. The number of amides is 1. The molecule has 0 aliphatic carbocycles. The summed E-state index contributed by atoms with van der Waals surface area (Å²) in [6.07, 6.45) is -1.40. The Morgan fingerprint density at radius 3 is 2.56 bits per heavy atom. The molecule has 1 aromatic heterocycles. The van der Waals surface area contributed by atoms with Crippen LogP contribution in [0.1, 0.15) is 31.0 Å². The lowest BCUT2D eigenvalue weighted by molar-refractivity contribution is -0.137. The molecule has 0 fully saturated rings. The molecule has 0 spiro atoms. The van der Waals surface area contributed by atoms with E-state index in [0.29, 0.717) is 0 Å². The lowest BCUT2D eigenvalue weighted by atomic mass is 10.0. The van der Waals surface area contributed by atoms with Gasteiger partial charge in [-0.1, -0.05) is 13.8 Å². The molecule has 9 heteroatoms. The number of anilines is 1. The number of nitrogens with zero attached hydrogens (tertiary/aromatic N) is 3. The quantitative estimate of drug-likeness (QED) is 0.693. The average molecular weight is 462 g/mol. The number of alkyl halides is 3. The first kappa shape index (κ1) is 19.2. The van der Waals surface area contributed by atoms with E-state index in [9.17, 15) is 18.0 Å². The summed E-state index contributed by atoms with van der Waals surface area (Å²) in [7, 11) is 0. The summed E-state index contributed by atoms with van der Waals surface area (Å²) in [5.41, 5.74) is -1.60. The summed E-state index contributed by atoms with van der Waals surface area (Å²) < 4.78 is 41.4. The number of hydrogen-bond donors (Lipinski definition) is 1. The number of nitriles is 1. The predicted octanol–water partition coefficient (Wildman–Crippen LogP) is 4.21. The number of aromatic nitrogens is 2. The van der Waals surface area contributed by atoms with Gasteiger partial charge < -0.3 is 5.32 Å². The lowest BCUT2D eigenvalue weighted by Gasteiger charge is -2.21. The summed E-state index contributed by atoms with van der Waals surface area (Å²) >= 11 is 2.05. The molecule has 1 aromatic carbocycles. The topological polar surface area (TPSA) is 70.7 Å². The molecule has 0 aliphatic rings. The zero-order valence-corrected chi connectivity index (χ0v) is 15.5. The van der Waals surface area contributed by atoms with Crippen LogP contribution in [0.4, 0.5) is 18.9 Å². The smallest absolute Gasteiger partial charge is 0.324 e. The van der Waals surface area contributed by atoms with Crippen molar-refractivity contribution >= 4 is 34.2 Å². The van der Waals surface area contributed by atoms with E-state index < -0.39 is 29.3 Å². The Balaban J connectivity index is 2.32. The maximum Gasteiger partial charge on any atom is 0.417 e. The summed E-state index contributed by atoms with van der Waals surface area (Å²) in [6.45, 7) is 3.64. The molecular weight excluding hydrogens is 448 g/mol. The van der Waals surface area contributed by atoms with Crippen molar-refractivity contribution in [1.29, 1.82) is 5.26 Å². The van der Waals surface area contributed by atoms with Gasteiger partial charge in [-0.25, -0.2) is 0 Å². The minimum Gasteiger partial charge on any atom is -0.324 e. The molecule has 1 N–H and O–H groups in total. The number of nitrogens with one attached hydrogen (secondary N) is 1. The number of carbonyl (C=O) groups excluding carboxylic acids is 1. The molecule has 2 aromatic rings. The Kier molecular flexibility index (Phi) is 5.72. The van der Waals surface area contributed by atoms with Crippen LogP contribution >= 0.6 is 22.6 Å². The van der Waals surface area contributed by atoms with Gasteiger partial charge >= 0.3 is 6.18 Å². The Labute approximate surface area is 156 Å². The number of hydrogen-bond acceptors (Lipinski definition) is 3. The first-order chi connectivity index (χ1) is 11.6. The first-order valence-electron chi connectivity index (χ1n) is 7.25. The van der Waals surface area contributed by atoms with Crippen molar-refractivity contribution in [2.24, 2.45) is 5.92 Å². The molecule has 0 saturated carbocycles. The Hall–Kier alpha value is -2.09. The van der Waals surface area contributed by atoms with E-state index in [2.05, 4.69) is 33.0 Å². The van der Waals surface area contributed by atoms with Gasteiger partial charge in [0.15, 0.2) is 0 Å². The van der Waals surface area contributed by atoms with Crippen molar-refractivity contribution in [3.8, 4) is 6.07 Å². The number of benzene rings is 1. The van der Waals surface area contributed by atoms with Gasteiger partial charge in [0.1, 0.15) is 6.04 Å². The highest BCUT2D eigenvalue weighted by Crippen LogP contribution is 2.34. The highest BCUT2D eigenvalue weighted by atomic mass is 127. The minimum atomic E-state index is -4.68. The van der Waals surface area contributed by atoms with Crippen LogP contribution in [-0.4, -0.2) is 15.7 Å². The highest BCUT2D eigenvalue weighted by Gasteiger charge is 2.34. The van der Waals surface area contributed by atoms with Crippen molar-refractivity contribution in [3.63, 3.8) is 0 Å². The molecule has 1 heterocycles. The van der Waals surface area contributed by atoms with E-state index >= 15 is 0 Å². The second-order valence-corrected chi connectivity index (χ2v) is 6.93. The summed E-state index contributed by atoms with van der Waals surface area (Å²) in [5, 5.41) is 15.4. The van der Waals surface area contributed by atoms with Crippen LogP contribution < -0.4 is 5.32 Å². The van der Waals surface area contributed by atoms with Crippen LogP contribution in [0.15, 0.2) is 30.6 Å². The lowest BCUT2D eigenvalue weighted by Crippen LogP contribution is -2.30. The Morgan fingerprint density at radius 1 is 1.40 bits per heavy atom. The molecular formula is C16H14F3IN4O. The second kappa shape index (κ2) is 7.43. The molecule has 0 aliphatic heterocycles. The van der Waals surface area contributed by atoms with Gasteiger partial charge in [-0.05, 0) is 46.7 Å². The van der Waals surface area contributed by atoms with Crippen LogP contribution in [0.25, 0.3) is 0 Å². The van der Waals surface area contributed by atoms with Crippen LogP contribution in [-0.2, 0) is 11.0 Å². The molecule has 1 atom stereocenters. The van der Waals surface area contributed by atoms with Crippen LogP contribution in [0.5, 0.6) is 0 Å². The van der Waals surface area contributed by atoms with Crippen LogP contribution in [0.2, 0.25) is 0 Å². The molecule has 0 saturated heterocycles. The van der Waals surface area contributed by atoms with Crippen molar-refractivity contribution in [2.45, 2.75) is 26.1 Å². The largest absolute Gasteiger partial charge is 0.417 e. The van der Waals surface area contributed by atoms with E-state index in [1.807, 2.05) is 13.8 Å². The van der Waals surface area contributed by atoms with Gasteiger partial charge in [-0.2, -0.15) is 23.5 Å². The molecule has 132 valence electrons. The zero-order valence-electron chi connectivity index (χ0n) is 13.3. The third-order valence-corrected chi connectivity index (χ3v) is 4.03. The maximum atomic E-state index is 13.0. The fourth-order valence-corrected chi connectivity index (χ4v) is 2.78. The molecule has 0 bridgehead atoms. The molecule has 1 amide bonds. The third-order valence-electron chi connectivity index (χ3n) is 3.47. The number of rotatable bonds is 4. The van der Waals surface area contributed by atoms with Crippen LogP contribution in [0, 0.1) is 20.8 Å². The predicted molar refractivity (Wildman–Crippen MR) is 93.6 cm³/mol. The summed E-state index contributed by atoms with van der Waals surface area (Å²) in [6, 6.07) is 3.91. The van der Waals surface area contributed by atoms with Gasteiger partial charge in [-0.3, -0.25) is 9.48 Å². The molecule has 1 unspecified atom stereocenters.